The largest absolute Gasteiger partial charge is 0.294 e. The molecule has 0 aromatic carbocycles. The van der Waals surface area contributed by atoms with Gasteiger partial charge in [0.05, 0.1) is 0 Å². The van der Waals surface area contributed by atoms with Gasteiger partial charge in [-0.05, 0) is 19.4 Å². The predicted octanol–water partition coefficient (Wildman–Crippen LogP) is 2.09. The Morgan fingerprint density at radius 1 is 1.67 bits per heavy atom. The maximum absolute atomic E-state index is 10.3. The van der Waals surface area contributed by atoms with E-state index < -0.39 is 0 Å². The monoisotopic (exact) mass is 124 g/mol. The van der Waals surface area contributed by atoms with Crippen molar-refractivity contribution in [1.82, 2.24) is 0 Å². The molecule has 0 amide bonds. The lowest BCUT2D eigenvalue weighted by Crippen LogP contribution is -1.76. The van der Waals surface area contributed by atoms with E-state index in [0.717, 1.165) is 12.8 Å². The van der Waals surface area contributed by atoms with Crippen molar-refractivity contribution in [2.24, 2.45) is 0 Å². The molecule has 0 saturated heterocycles. The number of allylic oxidation sites excluding steroid dienone is 1. The smallest absolute Gasteiger partial charge is 0.160 e. The minimum Gasteiger partial charge on any atom is -0.294 e. The number of rotatable bonds is 3. The summed E-state index contributed by atoms with van der Waals surface area (Å²) in [5.74, 6) is 0.0577. The Morgan fingerprint density at radius 3 is 2.78 bits per heavy atom. The number of ketones is 1. The Bertz CT molecular complexity index is 139. The van der Waals surface area contributed by atoms with Gasteiger partial charge in [-0.15, -0.1) is 5.73 Å². The van der Waals surface area contributed by atoms with Gasteiger partial charge >= 0.3 is 0 Å². The second kappa shape index (κ2) is 5.33. The normalized spacial score (nSPS) is 7.78. The molecule has 0 bridgehead atoms. The highest BCUT2D eigenvalue weighted by atomic mass is 16.1. The zero-order chi connectivity index (χ0) is 7.11. The van der Waals surface area contributed by atoms with Crippen molar-refractivity contribution >= 4 is 5.78 Å². The van der Waals surface area contributed by atoms with Crippen LogP contribution in [0.4, 0.5) is 0 Å². The summed E-state index contributed by atoms with van der Waals surface area (Å²) in [7, 11) is 0. The van der Waals surface area contributed by atoms with Crippen molar-refractivity contribution in [3.05, 3.63) is 17.9 Å². The molecule has 50 valence electrons. The van der Waals surface area contributed by atoms with Crippen LogP contribution < -0.4 is 0 Å². The van der Waals surface area contributed by atoms with Gasteiger partial charge in [-0.2, -0.15) is 0 Å². The number of unbranched alkanes of at least 4 members (excludes halogenated alkanes) is 1. The van der Waals surface area contributed by atoms with E-state index >= 15 is 0 Å². The highest BCUT2D eigenvalue weighted by molar-refractivity contribution is 5.86. The Morgan fingerprint density at radius 2 is 2.33 bits per heavy atom. The van der Waals surface area contributed by atoms with E-state index in [9.17, 15) is 4.79 Å². The van der Waals surface area contributed by atoms with E-state index in [2.05, 4.69) is 12.7 Å². The molecule has 0 heterocycles. The van der Waals surface area contributed by atoms with Crippen LogP contribution in [0, 0.1) is 0 Å². The molecular formula is C8H12O. The molecule has 0 radical (unpaired) electrons. The summed E-state index contributed by atoms with van der Waals surface area (Å²) < 4.78 is 0. The van der Waals surface area contributed by atoms with E-state index in [0.29, 0.717) is 0 Å². The third kappa shape index (κ3) is 7.19. The van der Waals surface area contributed by atoms with E-state index in [1.54, 1.807) is 0 Å². The molecule has 0 aliphatic carbocycles. The third-order valence-electron chi connectivity index (χ3n) is 0.837. The van der Waals surface area contributed by atoms with Gasteiger partial charge in [0, 0.05) is 6.08 Å². The summed E-state index contributed by atoms with van der Waals surface area (Å²) in [4.78, 5) is 10.3. The Balaban J connectivity index is 3.54. The van der Waals surface area contributed by atoms with Crippen LogP contribution in [0.15, 0.2) is 17.9 Å². The fraction of sp³-hybridized carbons (Fsp3) is 0.500. The van der Waals surface area contributed by atoms with E-state index in [4.69, 9.17) is 0 Å². The fourth-order valence-corrected chi connectivity index (χ4v) is 0.404. The van der Waals surface area contributed by atoms with Crippen LogP contribution in [0.5, 0.6) is 0 Å². The summed E-state index contributed by atoms with van der Waals surface area (Å²) in [6.07, 6.45) is 5.44. The molecule has 9 heavy (non-hydrogen) atoms. The first-order valence-electron chi connectivity index (χ1n) is 3.19. The van der Waals surface area contributed by atoms with Crippen LogP contribution >= 0.6 is 0 Å². The van der Waals surface area contributed by atoms with Gasteiger partial charge in [0.1, 0.15) is 0 Å². The van der Waals surface area contributed by atoms with Gasteiger partial charge in [-0.25, -0.2) is 0 Å². The average Bonchev–Trinajstić information content (AvgIpc) is 1.80. The molecule has 1 nitrogen and oxygen atoms in total. The molecule has 1 heteroatoms. The average molecular weight is 124 g/mol. The minimum atomic E-state index is 0.0577. The summed E-state index contributed by atoms with van der Waals surface area (Å²) in [5.41, 5.74) is 2.79. The molecule has 0 atom stereocenters. The van der Waals surface area contributed by atoms with E-state index in [1.807, 2.05) is 6.08 Å². The number of hydrogen-bond donors (Lipinski definition) is 0. The molecule has 0 N–H and O–H groups in total. The Kier molecular flexibility index (Phi) is 4.85. The molecule has 0 aromatic rings. The molecule has 0 saturated carbocycles. The lowest BCUT2D eigenvalue weighted by atomic mass is 10.3. The molecule has 0 fully saturated rings. The van der Waals surface area contributed by atoms with Crippen molar-refractivity contribution in [3.8, 4) is 0 Å². The molecule has 0 unspecified atom stereocenters. The maximum atomic E-state index is 10.3. The van der Waals surface area contributed by atoms with Crippen molar-refractivity contribution in [1.29, 1.82) is 0 Å². The second-order valence-electron chi connectivity index (χ2n) is 1.91. The van der Waals surface area contributed by atoms with Crippen LogP contribution in [0.3, 0.4) is 0 Å². The van der Waals surface area contributed by atoms with Gasteiger partial charge in [0.2, 0.25) is 0 Å². The van der Waals surface area contributed by atoms with Gasteiger partial charge in [-0.3, -0.25) is 4.79 Å². The van der Waals surface area contributed by atoms with Crippen molar-refractivity contribution in [2.45, 2.75) is 26.7 Å². The van der Waals surface area contributed by atoms with Gasteiger partial charge < -0.3 is 0 Å². The lowest BCUT2D eigenvalue weighted by Gasteiger charge is -1.75. The zero-order valence-electron chi connectivity index (χ0n) is 5.98. The quantitative estimate of drug-likeness (QED) is 0.416. The predicted molar refractivity (Wildman–Crippen MR) is 38.2 cm³/mol. The summed E-state index contributed by atoms with van der Waals surface area (Å²) in [6, 6.07) is 0. The zero-order valence-corrected chi connectivity index (χ0v) is 5.98. The molecule has 0 spiro atoms. The first-order valence-corrected chi connectivity index (χ1v) is 3.19. The summed E-state index contributed by atoms with van der Waals surface area (Å²) in [6.45, 7) is 3.61. The molecule has 0 rings (SSSR count). The van der Waals surface area contributed by atoms with Crippen LogP contribution in [0.25, 0.3) is 0 Å². The van der Waals surface area contributed by atoms with Gasteiger partial charge in [0.25, 0.3) is 0 Å². The van der Waals surface area contributed by atoms with Crippen LogP contribution in [-0.2, 0) is 4.79 Å². The second-order valence-corrected chi connectivity index (χ2v) is 1.91. The van der Waals surface area contributed by atoms with E-state index in [1.165, 1.54) is 13.0 Å². The SMILES string of the molecule is CCCC=C=CC(C)=O. The van der Waals surface area contributed by atoms with Gasteiger partial charge in [0.15, 0.2) is 5.78 Å². The highest BCUT2D eigenvalue weighted by Gasteiger charge is 1.75. The highest BCUT2D eigenvalue weighted by Crippen LogP contribution is 1.85. The maximum Gasteiger partial charge on any atom is 0.160 e. The molecular weight excluding hydrogens is 112 g/mol. The van der Waals surface area contributed by atoms with Crippen LogP contribution in [-0.4, -0.2) is 5.78 Å². The van der Waals surface area contributed by atoms with Crippen LogP contribution in [0.2, 0.25) is 0 Å². The first-order chi connectivity index (χ1) is 4.27. The van der Waals surface area contributed by atoms with Gasteiger partial charge in [-0.1, -0.05) is 13.3 Å². The summed E-state index contributed by atoms with van der Waals surface area (Å²) in [5, 5.41) is 0. The molecule has 0 aliphatic rings. The Labute approximate surface area is 56.1 Å². The standard InChI is InChI=1S/C8H12O/c1-3-4-5-6-7-8(2)9/h5,7H,3-4H2,1-2H3. The van der Waals surface area contributed by atoms with Crippen molar-refractivity contribution < 1.29 is 4.79 Å². The first kappa shape index (κ1) is 8.19. The van der Waals surface area contributed by atoms with Crippen molar-refractivity contribution in [3.63, 3.8) is 0 Å². The lowest BCUT2D eigenvalue weighted by molar-refractivity contribution is -0.112. The molecule has 0 aromatic heterocycles. The fourth-order valence-electron chi connectivity index (χ4n) is 0.404. The molecule has 0 aliphatic heterocycles. The third-order valence-corrected chi connectivity index (χ3v) is 0.837. The minimum absolute atomic E-state index is 0.0577. The summed E-state index contributed by atoms with van der Waals surface area (Å²) >= 11 is 0. The number of carbonyl (C=O) groups excluding carboxylic acids is 1. The number of hydrogen-bond acceptors (Lipinski definition) is 1. The van der Waals surface area contributed by atoms with Crippen LogP contribution in [0.1, 0.15) is 26.7 Å². The Hall–Kier alpha value is -0.810. The topological polar surface area (TPSA) is 17.1 Å². The van der Waals surface area contributed by atoms with Crippen molar-refractivity contribution in [2.75, 3.05) is 0 Å². The number of carbonyl (C=O) groups is 1. The van der Waals surface area contributed by atoms with E-state index in [-0.39, 0.29) is 5.78 Å².